The van der Waals surface area contributed by atoms with Gasteiger partial charge in [-0.1, -0.05) is 30.3 Å². The van der Waals surface area contributed by atoms with Crippen LogP contribution in [0.1, 0.15) is 23.3 Å². The molecule has 2 N–H and O–H groups in total. The Hall–Kier alpha value is -1.04. The Labute approximate surface area is 131 Å². The molecule has 0 saturated carbocycles. The molecular weight excluding hydrogens is 374 g/mol. The van der Waals surface area contributed by atoms with Crippen LogP contribution < -0.4 is 21.5 Å². The molecule has 1 aromatic carbocycles. The highest BCUT2D eigenvalue weighted by molar-refractivity contribution is 9.10. The highest BCUT2D eigenvalue weighted by Gasteiger charge is 2.22. The smallest absolute Gasteiger partial charge is 0.230 e. The summed E-state index contributed by atoms with van der Waals surface area (Å²) < 4.78 is 2.87. The first-order valence-corrected chi connectivity index (χ1v) is 6.23. The van der Waals surface area contributed by atoms with E-state index in [0.29, 0.717) is 0 Å². The highest BCUT2D eigenvalue weighted by atomic mass is 79.9. The van der Waals surface area contributed by atoms with E-state index in [0.717, 1.165) is 10.0 Å². The van der Waals surface area contributed by atoms with Gasteiger partial charge in [-0.3, -0.25) is 4.79 Å². The molecule has 2 aromatic rings. The van der Waals surface area contributed by atoms with Gasteiger partial charge in [-0.05, 0) is 22.0 Å². The Morgan fingerprint density at radius 1 is 1.16 bits per heavy atom. The van der Waals surface area contributed by atoms with Crippen LogP contribution in [0, 0.1) is 0 Å². The lowest BCUT2D eigenvalue weighted by atomic mass is 10.1. The normalized spacial score (nSPS) is 10.8. The predicted molar refractivity (Wildman–Crippen MR) is 73.4 cm³/mol. The Kier molecular flexibility index (Phi) is 7.75. The molecule has 0 spiro atoms. The quantitative estimate of drug-likeness (QED) is 0.509. The zero-order chi connectivity index (χ0) is 12.3. The van der Waals surface area contributed by atoms with Crippen LogP contribution in [0.4, 0.5) is 0 Å². The standard InChI is InChI=1S/C14H13BrNO.BrH.H2O/c1-11(16-9-5-8-13(15)10-16)14(17)12-6-3-2-4-7-12;;/h2-11H,1H3;1H;1H2/q+1;;/p-1. The molecule has 2 rings (SSSR count). The zero-order valence-corrected chi connectivity index (χ0v) is 13.6. The summed E-state index contributed by atoms with van der Waals surface area (Å²) in [5.41, 5.74) is 0.743. The van der Waals surface area contributed by atoms with Gasteiger partial charge in [-0.15, -0.1) is 0 Å². The van der Waals surface area contributed by atoms with Gasteiger partial charge in [0, 0.05) is 18.6 Å². The van der Waals surface area contributed by atoms with Crippen molar-refractivity contribution in [3.63, 3.8) is 0 Å². The van der Waals surface area contributed by atoms with Gasteiger partial charge in [0.2, 0.25) is 11.8 Å². The fourth-order valence-corrected chi connectivity index (χ4v) is 2.07. The van der Waals surface area contributed by atoms with Crippen molar-refractivity contribution in [3.05, 3.63) is 64.9 Å². The molecule has 0 fully saturated rings. The Morgan fingerprint density at radius 3 is 2.37 bits per heavy atom. The Bertz CT molecular complexity index is 532. The number of halogens is 2. The summed E-state index contributed by atoms with van der Waals surface area (Å²) in [6, 6.07) is 13.0. The monoisotopic (exact) mass is 387 g/mol. The molecule has 0 saturated heterocycles. The van der Waals surface area contributed by atoms with Crippen LogP contribution in [0.25, 0.3) is 0 Å². The fraction of sp³-hybridized carbons (Fsp3) is 0.143. The average molecular weight is 389 g/mol. The van der Waals surface area contributed by atoms with E-state index in [-0.39, 0.29) is 34.3 Å². The van der Waals surface area contributed by atoms with Crippen molar-refractivity contribution in [3.8, 4) is 0 Å². The van der Waals surface area contributed by atoms with Crippen molar-refractivity contribution in [2.45, 2.75) is 13.0 Å². The first-order chi connectivity index (χ1) is 8.18. The van der Waals surface area contributed by atoms with Crippen LogP contribution in [0.3, 0.4) is 0 Å². The van der Waals surface area contributed by atoms with Crippen LogP contribution in [-0.2, 0) is 0 Å². The number of aromatic nitrogens is 1. The second-order valence-corrected chi connectivity index (χ2v) is 4.79. The van der Waals surface area contributed by atoms with Crippen LogP contribution in [0.15, 0.2) is 59.3 Å². The van der Waals surface area contributed by atoms with Gasteiger partial charge in [-0.25, -0.2) is 0 Å². The maximum atomic E-state index is 12.2. The van der Waals surface area contributed by atoms with Crippen molar-refractivity contribution < 1.29 is 31.8 Å². The summed E-state index contributed by atoms with van der Waals surface area (Å²) in [4.78, 5) is 12.2. The van der Waals surface area contributed by atoms with Crippen molar-refractivity contribution in [1.29, 1.82) is 0 Å². The van der Waals surface area contributed by atoms with Crippen LogP contribution in [0.2, 0.25) is 0 Å². The molecule has 0 bridgehead atoms. The molecule has 1 unspecified atom stereocenters. The van der Waals surface area contributed by atoms with Crippen molar-refractivity contribution in [2.75, 3.05) is 0 Å². The molecule has 19 heavy (non-hydrogen) atoms. The largest absolute Gasteiger partial charge is 1.00 e. The number of nitrogens with zero attached hydrogens (tertiary/aromatic N) is 1. The van der Waals surface area contributed by atoms with E-state index in [1.165, 1.54) is 0 Å². The minimum atomic E-state index is -0.199. The van der Waals surface area contributed by atoms with E-state index >= 15 is 0 Å². The second-order valence-electron chi connectivity index (χ2n) is 3.88. The summed E-state index contributed by atoms with van der Waals surface area (Å²) in [5, 5.41) is 0. The van der Waals surface area contributed by atoms with E-state index in [1.54, 1.807) is 0 Å². The lowest BCUT2D eigenvalue weighted by Crippen LogP contribution is -3.00. The van der Waals surface area contributed by atoms with Gasteiger partial charge < -0.3 is 22.5 Å². The van der Waals surface area contributed by atoms with Crippen LogP contribution in [-0.4, -0.2) is 11.3 Å². The van der Waals surface area contributed by atoms with E-state index in [1.807, 2.05) is 66.3 Å². The number of pyridine rings is 1. The molecule has 1 aromatic heterocycles. The molecule has 0 amide bonds. The average Bonchev–Trinajstić information content (AvgIpc) is 2.38. The van der Waals surface area contributed by atoms with E-state index in [4.69, 9.17) is 0 Å². The third kappa shape index (κ3) is 4.53. The third-order valence-corrected chi connectivity index (χ3v) is 3.14. The van der Waals surface area contributed by atoms with Gasteiger partial charge in [0.15, 0.2) is 12.4 Å². The number of carbonyl (C=O) groups excluding carboxylic acids is 1. The fourth-order valence-electron chi connectivity index (χ4n) is 1.68. The Balaban J connectivity index is 0.00000162. The van der Waals surface area contributed by atoms with Gasteiger partial charge in [0.1, 0.15) is 0 Å². The summed E-state index contributed by atoms with van der Waals surface area (Å²) >= 11 is 3.40. The molecule has 0 aliphatic heterocycles. The van der Waals surface area contributed by atoms with Gasteiger partial charge >= 0.3 is 0 Å². The minimum absolute atomic E-state index is 0. The zero-order valence-electron chi connectivity index (χ0n) is 10.4. The van der Waals surface area contributed by atoms with Gasteiger partial charge in [0.05, 0.1) is 4.47 Å². The van der Waals surface area contributed by atoms with Crippen molar-refractivity contribution in [2.24, 2.45) is 0 Å². The highest BCUT2D eigenvalue weighted by Crippen LogP contribution is 2.10. The lowest BCUT2D eigenvalue weighted by Gasteiger charge is -2.06. The van der Waals surface area contributed by atoms with Crippen LogP contribution in [0.5, 0.6) is 0 Å². The Morgan fingerprint density at radius 2 is 1.79 bits per heavy atom. The molecule has 0 aliphatic carbocycles. The number of Topliss-reactive ketones (excluding diaryl/α,β-unsaturated/α-hetero) is 1. The maximum Gasteiger partial charge on any atom is 0.230 e. The van der Waals surface area contributed by atoms with E-state index < -0.39 is 0 Å². The SMILES string of the molecule is CC(C(=O)c1ccccc1)[n+]1cccc(Br)c1.O.[Br-]. The number of carbonyl (C=O) groups is 1. The van der Waals surface area contributed by atoms with Gasteiger partial charge in [-0.2, -0.15) is 4.57 Å². The number of benzene rings is 1. The minimum Gasteiger partial charge on any atom is -1.00 e. The van der Waals surface area contributed by atoms with E-state index in [2.05, 4.69) is 15.9 Å². The summed E-state index contributed by atoms with van der Waals surface area (Å²) in [7, 11) is 0. The summed E-state index contributed by atoms with van der Waals surface area (Å²) in [6.45, 7) is 1.90. The predicted octanol–water partition coefficient (Wildman–Crippen LogP) is -0.640. The van der Waals surface area contributed by atoms with E-state index in [9.17, 15) is 4.79 Å². The maximum absolute atomic E-state index is 12.2. The number of hydrogen-bond donors (Lipinski definition) is 0. The van der Waals surface area contributed by atoms with Gasteiger partial charge in [0.25, 0.3) is 0 Å². The lowest BCUT2D eigenvalue weighted by molar-refractivity contribution is -0.705. The first-order valence-electron chi connectivity index (χ1n) is 5.44. The molecule has 102 valence electrons. The molecule has 5 heteroatoms. The molecule has 0 radical (unpaired) electrons. The van der Waals surface area contributed by atoms with Crippen LogP contribution >= 0.6 is 15.9 Å². The summed E-state index contributed by atoms with van der Waals surface area (Å²) in [6.07, 6.45) is 3.81. The molecule has 1 atom stereocenters. The number of rotatable bonds is 3. The third-order valence-electron chi connectivity index (χ3n) is 2.67. The summed E-state index contributed by atoms with van der Waals surface area (Å²) in [5.74, 6) is 0.119. The first kappa shape index (κ1) is 18.0. The molecule has 3 nitrogen and oxygen atoms in total. The van der Waals surface area contributed by atoms with Crippen molar-refractivity contribution in [1.82, 2.24) is 0 Å². The molecule has 0 aliphatic rings. The van der Waals surface area contributed by atoms with Crippen molar-refractivity contribution >= 4 is 21.7 Å². The number of hydrogen-bond acceptors (Lipinski definition) is 1. The number of ketones is 1. The topological polar surface area (TPSA) is 52.5 Å². The second kappa shape index (κ2) is 8.19. The molecule has 1 heterocycles. The molecular formula is C14H15Br2NO2.